The molecule has 35 heavy (non-hydrogen) atoms. The summed E-state index contributed by atoms with van der Waals surface area (Å²) in [7, 11) is 2.06. The number of fused-ring (bicyclic) bond motifs is 5. The van der Waals surface area contributed by atoms with E-state index in [-0.39, 0.29) is 22.7 Å². The fourth-order valence-corrected chi connectivity index (χ4v) is 6.17. The third-order valence-corrected chi connectivity index (χ3v) is 8.03. The Labute approximate surface area is 205 Å². The number of hydrogen-bond acceptors (Lipinski definition) is 7. The van der Waals surface area contributed by atoms with Crippen LogP contribution < -0.4 is 10.3 Å². The molecule has 0 bridgehead atoms. The van der Waals surface area contributed by atoms with E-state index >= 15 is 4.39 Å². The fourth-order valence-electron chi connectivity index (χ4n) is 4.99. The molecule has 2 fully saturated rings. The molecule has 4 aromatic rings. The van der Waals surface area contributed by atoms with Gasteiger partial charge in [-0.25, -0.2) is 9.37 Å². The van der Waals surface area contributed by atoms with Crippen LogP contribution in [0.15, 0.2) is 35.1 Å². The number of carbonyl (C=O) groups is 1. The molecule has 182 valence electrons. The van der Waals surface area contributed by atoms with Crippen LogP contribution in [0, 0.1) is 5.82 Å². The van der Waals surface area contributed by atoms with E-state index in [9.17, 15) is 9.59 Å². The second kappa shape index (κ2) is 8.85. The summed E-state index contributed by atoms with van der Waals surface area (Å²) in [4.78, 5) is 38.4. The number of para-hydroxylation sites is 1. The highest BCUT2D eigenvalue weighted by molar-refractivity contribution is 7.24. The lowest BCUT2D eigenvalue weighted by molar-refractivity contribution is 0.0303. The quantitative estimate of drug-likeness (QED) is 0.426. The van der Waals surface area contributed by atoms with E-state index in [4.69, 9.17) is 9.72 Å². The number of morpholine rings is 1. The maximum absolute atomic E-state index is 15.5. The Balaban J connectivity index is 1.62. The summed E-state index contributed by atoms with van der Waals surface area (Å²) in [6, 6.07) is 9.01. The maximum Gasteiger partial charge on any atom is 0.261 e. The molecule has 2 aliphatic heterocycles. The largest absolute Gasteiger partial charge is 0.378 e. The number of nitrogens with zero attached hydrogens (tertiary/aromatic N) is 5. The van der Waals surface area contributed by atoms with Crippen LogP contribution in [0.4, 0.5) is 10.2 Å². The number of carbonyl (C=O) groups excluding carboxylic acids is 1. The average Bonchev–Trinajstić information content (AvgIpc) is 3.12. The van der Waals surface area contributed by atoms with Crippen LogP contribution in [0.5, 0.6) is 0 Å². The monoisotopic (exact) mass is 495 g/mol. The van der Waals surface area contributed by atoms with Gasteiger partial charge < -0.3 is 19.4 Å². The standard InChI is InChI=1S/C25H26FN5O3S/c1-28-7-4-8-29(10-9-28)23-17(26)15-16-21(32)20(24(33)30-11-13-34-14-12-30)25-31(22(16)27-23)18-5-2-3-6-19(18)35-25/h2-3,5-6,15H,4,7-14H2,1H3. The first-order valence-corrected chi connectivity index (χ1v) is 12.7. The van der Waals surface area contributed by atoms with Crippen molar-refractivity contribution in [3.05, 3.63) is 51.9 Å². The Bertz CT molecular complexity index is 1510. The molecule has 0 radical (unpaired) electrons. The first kappa shape index (κ1) is 22.4. The maximum atomic E-state index is 15.5. The van der Waals surface area contributed by atoms with Crippen LogP contribution in [0.2, 0.25) is 0 Å². The van der Waals surface area contributed by atoms with Gasteiger partial charge in [-0.1, -0.05) is 12.1 Å². The fraction of sp³-hybridized carbons (Fsp3) is 0.400. The number of hydrogen-bond donors (Lipinski definition) is 0. The van der Waals surface area contributed by atoms with Crippen LogP contribution >= 0.6 is 11.3 Å². The Hall–Kier alpha value is -3.08. The summed E-state index contributed by atoms with van der Waals surface area (Å²) >= 11 is 1.39. The molecular weight excluding hydrogens is 469 g/mol. The molecule has 6 rings (SSSR count). The number of pyridine rings is 2. The minimum Gasteiger partial charge on any atom is -0.378 e. The van der Waals surface area contributed by atoms with Crippen LogP contribution in [0.25, 0.3) is 26.1 Å². The van der Waals surface area contributed by atoms with Gasteiger partial charge in [0.2, 0.25) is 5.43 Å². The summed E-state index contributed by atoms with van der Waals surface area (Å²) in [5.41, 5.74) is 0.826. The van der Waals surface area contributed by atoms with Crippen molar-refractivity contribution in [3.8, 4) is 0 Å². The van der Waals surface area contributed by atoms with E-state index < -0.39 is 11.2 Å². The smallest absolute Gasteiger partial charge is 0.261 e. The van der Waals surface area contributed by atoms with Crippen molar-refractivity contribution >= 4 is 49.1 Å². The number of anilines is 1. The van der Waals surface area contributed by atoms with Gasteiger partial charge in [-0.2, -0.15) is 0 Å². The van der Waals surface area contributed by atoms with Gasteiger partial charge in [0.1, 0.15) is 10.4 Å². The summed E-state index contributed by atoms with van der Waals surface area (Å²) in [5, 5.41) is 0.121. The number of ether oxygens (including phenoxy) is 1. The highest BCUT2D eigenvalue weighted by atomic mass is 32.1. The molecule has 0 unspecified atom stereocenters. The van der Waals surface area contributed by atoms with Gasteiger partial charge in [-0.3, -0.25) is 14.0 Å². The molecule has 0 N–H and O–H groups in total. The van der Waals surface area contributed by atoms with Crippen molar-refractivity contribution in [3.63, 3.8) is 0 Å². The number of thiazole rings is 1. The second-order valence-corrected chi connectivity index (χ2v) is 10.2. The Morgan fingerprint density at radius 3 is 2.71 bits per heavy atom. The lowest BCUT2D eigenvalue weighted by atomic mass is 10.1. The molecule has 0 saturated carbocycles. The van der Waals surface area contributed by atoms with Gasteiger partial charge in [-0.05, 0) is 38.2 Å². The summed E-state index contributed by atoms with van der Waals surface area (Å²) in [6.45, 7) is 4.80. The number of amides is 1. The van der Waals surface area contributed by atoms with Crippen LogP contribution in [-0.4, -0.2) is 84.6 Å². The van der Waals surface area contributed by atoms with Gasteiger partial charge in [-0.15, -0.1) is 11.3 Å². The second-order valence-electron chi connectivity index (χ2n) is 9.13. The SMILES string of the molecule is CN1CCCN(c2nc3c(cc2F)c(=O)c(C(=O)N2CCOCC2)c2sc4ccccc4n23)CC1. The number of aromatic nitrogens is 2. The Morgan fingerprint density at radius 1 is 1.09 bits per heavy atom. The van der Waals surface area contributed by atoms with Gasteiger partial charge in [0.15, 0.2) is 17.3 Å². The van der Waals surface area contributed by atoms with Gasteiger partial charge in [0, 0.05) is 32.7 Å². The highest BCUT2D eigenvalue weighted by Gasteiger charge is 2.29. The number of benzene rings is 1. The van der Waals surface area contributed by atoms with Crippen molar-refractivity contribution in [2.75, 3.05) is 64.4 Å². The van der Waals surface area contributed by atoms with E-state index in [0.717, 1.165) is 29.7 Å². The van der Waals surface area contributed by atoms with E-state index in [1.807, 2.05) is 33.6 Å². The molecule has 10 heteroatoms. The van der Waals surface area contributed by atoms with Crippen molar-refractivity contribution in [1.29, 1.82) is 0 Å². The lowest BCUT2D eigenvalue weighted by Gasteiger charge is -2.27. The molecule has 0 aliphatic carbocycles. The van der Waals surface area contributed by atoms with Crippen molar-refractivity contribution in [1.82, 2.24) is 19.2 Å². The molecule has 1 amide bonds. The molecule has 3 aromatic heterocycles. The van der Waals surface area contributed by atoms with E-state index in [1.54, 1.807) is 4.90 Å². The Kier molecular flexibility index (Phi) is 5.66. The molecule has 2 saturated heterocycles. The van der Waals surface area contributed by atoms with E-state index in [1.165, 1.54) is 17.4 Å². The first-order valence-electron chi connectivity index (χ1n) is 11.9. The summed E-state index contributed by atoms with van der Waals surface area (Å²) in [5.74, 6) is -0.628. The van der Waals surface area contributed by atoms with Gasteiger partial charge in [0.25, 0.3) is 5.91 Å². The van der Waals surface area contributed by atoms with Crippen LogP contribution in [-0.2, 0) is 4.74 Å². The highest BCUT2D eigenvalue weighted by Crippen LogP contribution is 2.32. The van der Waals surface area contributed by atoms with Crippen molar-refractivity contribution in [2.24, 2.45) is 0 Å². The molecule has 1 aromatic carbocycles. The van der Waals surface area contributed by atoms with Gasteiger partial charge in [0.05, 0.1) is 28.8 Å². The number of rotatable bonds is 2. The molecule has 8 nitrogen and oxygen atoms in total. The molecule has 2 aliphatic rings. The zero-order valence-electron chi connectivity index (χ0n) is 19.5. The molecule has 5 heterocycles. The third kappa shape index (κ3) is 3.76. The van der Waals surface area contributed by atoms with Crippen molar-refractivity contribution in [2.45, 2.75) is 6.42 Å². The number of halogens is 1. The zero-order valence-corrected chi connectivity index (χ0v) is 20.3. The topological polar surface area (TPSA) is 70.4 Å². The molecular formula is C25H26FN5O3S. The van der Waals surface area contributed by atoms with Gasteiger partial charge >= 0.3 is 0 Å². The normalized spacial score (nSPS) is 18.0. The average molecular weight is 496 g/mol. The zero-order chi connectivity index (χ0) is 24.1. The lowest BCUT2D eigenvalue weighted by Crippen LogP contribution is -2.42. The van der Waals surface area contributed by atoms with E-state index in [0.29, 0.717) is 49.9 Å². The summed E-state index contributed by atoms with van der Waals surface area (Å²) < 4.78 is 23.6. The Morgan fingerprint density at radius 2 is 1.89 bits per heavy atom. The van der Waals surface area contributed by atoms with Crippen LogP contribution in [0.1, 0.15) is 16.8 Å². The predicted molar refractivity (Wildman–Crippen MR) is 135 cm³/mol. The van der Waals surface area contributed by atoms with Crippen molar-refractivity contribution < 1.29 is 13.9 Å². The molecule has 0 spiro atoms. The van der Waals surface area contributed by atoms with Crippen LogP contribution in [0.3, 0.4) is 0 Å². The number of likely N-dealkylation sites (N-methyl/N-ethyl adjacent to an activating group) is 1. The third-order valence-electron chi connectivity index (χ3n) is 6.88. The first-order chi connectivity index (χ1) is 17.0. The summed E-state index contributed by atoms with van der Waals surface area (Å²) in [6.07, 6.45) is 0.902. The molecule has 0 atom stereocenters. The minimum absolute atomic E-state index is 0.0750. The predicted octanol–water partition coefficient (Wildman–Crippen LogP) is 2.82. The van der Waals surface area contributed by atoms with E-state index in [2.05, 4.69) is 11.9 Å². The minimum atomic E-state index is -0.539.